The van der Waals surface area contributed by atoms with Crippen LogP contribution in [0.2, 0.25) is 0 Å². The number of carbonyl (C=O) groups excluding carboxylic acids is 2. The Bertz CT molecular complexity index is 222. The van der Waals surface area contributed by atoms with E-state index in [2.05, 4.69) is 35.1 Å². The van der Waals surface area contributed by atoms with Gasteiger partial charge in [0.1, 0.15) is 12.7 Å². The summed E-state index contributed by atoms with van der Waals surface area (Å²) < 4.78 is 9.27. The standard InChI is InChI=1S/C7H12O4.C6H15N/c1-5(11-7(3)9)4-10-6(2)8;1-4-7(5-2)6-3/h5H,4H2,1-3H3;4-6H2,1-3H3. The van der Waals surface area contributed by atoms with Crippen molar-refractivity contribution in [2.24, 2.45) is 0 Å². The Labute approximate surface area is 110 Å². The molecule has 0 N–H and O–H groups in total. The zero-order valence-corrected chi connectivity index (χ0v) is 12.5. The highest BCUT2D eigenvalue weighted by Crippen LogP contribution is 1.92. The summed E-state index contributed by atoms with van der Waals surface area (Å²) in [6, 6.07) is 0. The summed E-state index contributed by atoms with van der Waals surface area (Å²) in [5.74, 6) is -0.742. The topological polar surface area (TPSA) is 55.8 Å². The lowest BCUT2D eigenvalue weighted by Crippen LogP contribution is -2.21. The fraction of sp³-hybridized carbons (Fsp3) is 0.846. The molecule has 0 aromatic rings. The number of carbonyl (C=O) groups is 2. The van der Waals surface area contributed by atoms with Gasteiger partial charge in [-0.2, -0.15) is 0 Å². The number of hydrogen-bond donors (Lipinski definition) is 0. The van der Waals surface area contributed by atoms with Crippen LogP contribution in [0.4, 0.5) is 0 Å². The fourth-order valence-electron chi connectivity index (χ4n) is 1.22. The molecular weight excluding hydrogens is 234 g/mol. The molecular formula is C13H27NO4. The molecule has 1 atom stereocenters. The molecule has 0 aromatic heterocycles. The molecule has 0 fully saturated rings. The van der Waals surface area contributed by atoms with Crippen LogP contribution in [0.5, 0.6) is 0 Å². The largest absolute Gasteiger partial charge is 0.462 e. The molecule has 0 aliphatic heterocycles. The van der Waals surface area contributed by atoms with E-state index in [1.54, 1.807) is 6.92 Å². The van der Waals surface area contributed by atoms with Gasteiger partial charge in [-0.25, -0.2) is 0 Å². The summed E-state index contributed by atoms with van der Waals surface area (Å²) in [7, 11) is 0. The first kappa shape index (κ1) is 19.2. The van der Waals surface area contributed by atoms with Crippen molar-refractivity contribution in [3.05, 3.63) is 0 Å². The highest BCUT2D eigenvalue weighted by atomic mass is 16.6. The van der Waals surface area contributed by atoms with Crippen LogP contribution in [0.1, 0.15) is 41.5 Å². The lowest BCUT2D eigenvalue weighted by molar-refractivity contribution is -0.155. The predicted molar refractivity (Wildman–Crippen MR) is 71.3 cm³/mol. The van der Waals surface area contributed by atoms with Crippen molar-refractivity contribution in [3.8, 4) is 0 Å². The Hall–Kier alpha value is -1.10. The minimum atomic E-state index is -0.371. The second-order valence-electron chi connectivity index (χ2n) is 3.84. The van der Waals surface area contributed by atoms with E-state index in [1.165, 1.54) is 33.5 Å². The minimum absolute atomic E-state index is 0.120. The van der Waals surface area contributed by atoms with E-state index >= 15 is 0 Å². The number of rotatable bonds is 6. The van der Waals surface area contributed by atoms with Gasteiger partial charge >= 0.3 is 11.9 Å². The van der Waals surface area contributed by atoms with Crippen LogP contribution in [0, 0.1) is 0 Å². The normalized spacial score (nSPS) is 11.3. The molecule has 0 rings (SSSR count). The van der Waals surface area contributed by atoms with Gasteiger partial charge in [-0.15, -0.1) is 0 Å². The van der Waals surface area contributed by atoms with Crippen LogP contribution in [0.25, 0.3) is 0 Å². The molecule has 0 bridgehead atoms. The molecule has 1 unspecified atom stereocenters. The third-order valence-electron chi connectivity index (χ3n) is 2.23. The molecule has 0 radical (unpaired) electrons. The van der Waals surface area contributed by atoms with Gasteiger partial charge in [0.05, 0.1) is 0 Å². The third kappa shape index (κ3) is 14.9. The molecule has 0 aliphatic carbocycles. The molecule has 0 amide bonds. The molecule has 0 saturated heterocycles. The quantitative estimate of drug-likeness (QED) is 0.683. The van der Waals surface area contributed by atoms with Crippen molar-refractivity contribution in [2.75, 3.05) is 26.2 Å². The number of esters is 2. The van der Waals surface area contributed by atoms with E-state index in [1.807, 2.05) is 0 Å². The Balaban J connectivity index is 0. The van der Waals surface area contributed by atoms with Gasteiger partial charge in [0.2, 0.25) is 0 Å². The van der Waals surface area contributed by atoms with Gasteiger partial charge in [-0.3, -0.25) is 9.59 Å². The Morgan fingerprint density at radius 1 is 1.00 bits per heavy atom. The van der Waals surface area contributed by atoms with Crippen LogP contribution in [-0.4, -0.2) is 49.2 Å². The fourth-order valence-corrected chi connectivity index (χ4v) is 1.22. The van der Waals surface area contributed by atoms with E-state index in [9.17, 15) is 9.59 Å². The van der Waals surface area contributed by atoms with Crippen LogP contribution >= 0.6 is 0 Å². The molecule has 0 heterocycles. The van der Waals surface area contributed by atoms with Crippen molar-refractivity contribution in [2.45, 2.75) is 47.6 Å². The molecule has 5 nitrogen and oxygen atoms in total. The van der Waals surface area contributed by atoms with Gasteiger partial charge < -0.3 is 14.4 Å². The molecule has 0 aromatic carbocycles. The van der Waals surface area contributed by atoms with Crippen LogP contribution in [0.15, 0.2) is 0 Å². The number of hydrogen-bond acceptors (Lipinski definition) is 5. The molecule has 5 heteroatoms. The van der Waals surface area contributed by atoms with E-state index in [0.717, 1.165) is 0 Å². The second kappa shape index (κ2) is 12.4. The number of nitrogens with zero attached hydrogens (tertiary/aromatic N) is 1. The Morgan fingerprint density at radius 3 is 1.67 bits per heavy atom. The predicted octanol–water partition coefficient (Wildman–Crippen LogP) is 1.85. The van der Waals surface area contributed by atoms with Crippen LogP contribution < -0.4 is 0 Å². The SMILES string of the molecule is CC(=O)OCC(C)OC(C)=O.CCN(CC)CC. The van der Waals surface area contributed by atoms with Crippen molar-refractivity contribution in [1.29, 1.82) is 0 Å². The smallest absolute Gasteiger partial charge is 0.303 e. The minimum Gasteiger partial charge on any atom is -0.462 e. The molecule has 108 valence electrons. The summed E-state index contributed by atoms with van der Waals surface area (Å²) in [4.78, 5) is 23.0. The van der Waals surface area contributed by atoms with Crippen molar-refractivity contribution < 1.29 is 19.1 Å². The number of ether oxygens (including phenoxy) is 2. The van der Waals surface area contributed by atoms with Crippen molar-refractivity contribution in [1.82, 2.24) is 4.90 Å². The first-order chi connectivity index (χ1) is 8.37. The highest BCUT2D eigenvalue weighted by molar-refractivity contribution is 5.67. The maximum absolute atomic E-state index is 10.3. The van der Waals surface area contributed by atoms with Crippen molar-refractivity contribution in [3.63, 3.8) is 0 Å². The average molecular weight is 261 g/mol. The lowest BCUT2D eigenvalue weighted by Gasteiger charge is -2.13. The third-order valence-corrected chi connectivity index (χ3v) is 2.23. The molecule has 0 aliphatic rings. The summed E-state index contributed by atoms with van der Waals surface area (Å²) in [6.45, 7) is 14.5. The molecule has 18 heavy (non-hydrogen) atoms. The summed E-state index contributed by atoms with van der Waals surface area (Å²) in [6.07, 6.45) is -0.364. The average Bonchev–Trinajstić information content (AvgIpc) is 2.29. The van der Waals surface area contributed by atoms with Gasteiger partial charge in [-0.05, 0) is 26.6 Å². The lowest BCUT2D eigenvalue weighted by atomic mass is 10.4. The van der Waals surface area contributed by atoms with Crippen molar-refractivity contribution >= 4 is 11.9 Å². The van der Waals surface area contributed by atoms with E-state index < -0.39 is 0 Å². The zero-order chi connectivity index (χ0) is 14.6. The molecule has 0 spiro atoms. The first-order valence-corrected chi connectivity index (χ1v) is 6.40. The van der Waals surface area contributed by atoms with Gasteiger partial charge in [0, 0.05) is 13.8 Å². The summed E-state index contributed by atoms with van der Waals surface area (Å²) in [5, 5.41) is 0. The van der Waals surface area contributed by atoms with E-state index in [4.69, 9.17) is 0 Å². The Kier molecular flexibility index (Phi) is 13.2. The van der Waals surface area contributed by atoms with Gasteiger partial charge in [0.15, 0.2) is 0 Å². The second-order valence-corrected chi connectivity index (χ2v) is 3.84. The van der Waals surface area contributed by atoms with Crippen LogP contribution in [0.3, 0.4) is 0 Å². The van der Waals surface area contributed by atoms with Gasteiger partial charge in [0.25, 0.3) is 0 Å². The summed E-state index contributed by atoms with van der Waals surface area (Å²) >= 11 is 0. The Morgan fingerprint density at radius 2 is 1.44 bits per heavy atom. The summed E-state index contributed by atoms with van der Waals surface area (Å²) in [5.41, 5.74) is 0. The zero-order valence-electron chi connectivity index (χ0n) is 12.5. The first-order valence-electron chi connectivity index (χ1n) is 6.40. The van der Waals surface area contributed by atoms with Crippen LogP contribution in [-0.2, 0) is 19.1 Å². The van der Waals surface area contributed by atoms with E-state index in [0.29, 0.717) is 0 Å². The monoisotopic (exact) mass is 261 g/mol. The maximum Gasteiger partial charge on any atom is 0.303 e. The molecule has 0 saturated carbocycles. The maximum atomic E-state index is 10.3. The van der Waals surface area contributed by atoms with E-state index in [-0.39, 0.29) is 24.6 Å². The highest BCUT2D eigenvalue weighted by Gasteiger charge is 2.06. The van der Waals surface area contributed by atoms with Gasteiger partial charge in [-0.1, -0.05) is 20.8 Å².